The van der Waals surface area contributed by atoms with Crippen LogP contribution in [0.1, 0.15) is 27.4 Å². The standard InChI is InChI=1S/C21H18ClNO2S2/c1-15-11-13-17(14-12-15)27(24,25)23-20(16-7-3-2-4-8-16)26-21(23)18-9-5-6-10-19(18)22/h2-14,20-21H,1H3/t20-,21+/m0/s1. The summed E-state index contributed by atoms with van der Waals surface area (Å²) in [5.74, 6) is 0. The van der Waals surface area contributed by atoms with Gasteiger partial charge in [0.2, 0.25) is 10.0 Å². The van der Waals surface area contributed by atoms with Gasteiger partial charge in [-0.05, 0) is 36.2 Å². The van der Waals surface area contributed by atoms with E-state index in [0.717, 1.165) is 16.7 Å². The van der Waals surface area contributed by atoms with Crippen molar-refractivity contribution in [3.8, 4) is 0 Å². The van der Waals surface area contributed by atoms with Crippen LogP contribution in [0.5, 0.6) is 0 Å². The normalized spacial score (nSPS) is 20.2. The predicted octanol–water partition coefficient (Wildman–Crippen LogP) is 5.78. The number of halogens is 1. The first-order chi connectivity index (χ1) is 13.0. The fourth-order valence-electron chi connectivity index (χ4n) is 3.12. The lowest BCUT2D eigenvalue weighted by Gasteiger charge is -2.47. The Labute approximate surface area is 169 Å². The van der Waals surface area contributed by atoms with Gasteiger partial charge in [-0.1, -0.05) is 77.8 Å². The zero-order valence-electron chi connectivity index (χ0n) is 14.6. The van der Waals surface area contributed by atoms with Gasteiger partial charge in [0.1, 0.15) is 5.37 Å². The van der Waals surface area contributed by atoms with Crippen molar-refractivity contribution in [3.63, 3.8) is 0 Å². The monoisotopic (exact) mass is 415 g/mol. The number of hydrogen-bond acceptors (Lipinski definition) is 3. The molecule has 0 aliphatic carbocycles. The van der Waals surface area contributed by atoms with Crippen molar-refractivity contribution in [1.29, 1.82) is 0 Å². The highest BCUT2D eigenvalue weighted by atomic mass is 35.5. The van der Waals surface area contributed by atoms with Crippen molar-refractivity contribution in [2.75, 3.05) is 0 Å². The quantitative estimate of drug-likeness (QED) is 0.541. The number of benzene rings is 3. The van der Waals surface area contributed by atoms with E-state index in [-0.39, 0.29) is 10.7 Å². The number of nitrogens with zero attached hydrogens (tertiary/aromatic N) is 1. The Balaban J connectivity index is 1.79. The molecule has 0 amide bonds. The Morgan fingerprint density at radius 3 is 2.15 bits per heavy atom. The lowest BCUT2D eigenvalue weighted by atomic mass is 10.2. The van der Waals surface area contributed by atoms with Gasteiger partial charge in [0.25, 0.3) is 0 Å². The summed E-state index contributed by atoms with van der Waals surface area (Å²) in [6.45, 7) is 1.94. The molecule has 3 aromatic rings. The third-order valence-corrected chi connectivity index (χ3v) is 8.52. The maximum absolute atomic E-state index is 13.5. The molecule has 1 saturated heterocycles. The summed E-state index contributed by atoms with van der Waals surface area (Å²) in [6, 6.07) is 24.1. The first-order valence-electron chi connectivity index (χ1n) is 8.53. The number of rotatable bonds is 4. The van der Waals surface area contributed by atoms with Gasteiger partial charge in [0.05, 0.1) is 10.3 Å². The molecular formula is C21H18ClNO2S2. The molecule has 0 bridgehead atoms. The number of thioether (sulfide) groups is 1. The Bertz CT molecular complexity index is 1050. The highest BCUT2D eigenvalue weighted by Gasteiger charge is 2.49. The van der Waals surface area contributed by atoms with Crippen LogP contribution in [0.25, 0.3) is 0 Å². The van der Waals surface area contributed by atoms with E-state index in [0.29, 0.717) is 9.92 Å². The van der Waals surface area contributed by atoms with Crippen molar-refractivity contribution in [2.24, 2.45) is 0 Å². The number of hydrogen-bond donors (Lipinski definition) is 0. The first-order valence-corrected chi connectivity index (χ1v) is 11.3. The fraction of sp³-hybridized carbons (Fsp3) is 0.143. The molecule has 1 heterocycles. The third kappa shape index (κ3) is 3.41. The zero-order valence-corrected chi connectivity index (χ0v) is 17.0. The Kier molecular flexibility index (Phi) is 5.03. The average molecular weight is 416 g/mol. The number of aryl methyl sites for hydroxylation is 1. The van der Waals surface area contributed by atoms with E-state index in [1.54, 1.807) is 34.3 Å². The van der Waals surface area contributed by atoms with Gasteiger partial charge >= 0.3 is 0 Å². The highest BCUT2D eigenvalue weighted by Crippen LogP contribution is 2.60. The molecule has 4 rings (SSSR count). The minimum Gasteiger partial charge on any atom is -0.207 e. The topological polar surface area (TPSA) is 37.4 Å². The van der Waals surface area contributed by atoms with Crippen LogP contribution in [0.3, 0.4) is 0 Å². The average Bonchev–Trinajstić information content (AvgIpc) is 2.63. The summed E-state index contributed by atoms with van der Waals surface area (Å²) >= 11 is 7.96. The van der Waals surface area contributed by atoms with Gasteiger partial charge in [-0.25, -0.2) is 8.42 Å². The maximum atomic E-state index is 13.5. The second-order valence-electron chi connectivity index (χ2n) is 6.42. The lowest BCUT2D eigenvalue weighted by molar-refractivity contribution is 0.344. The fourth-order valence-corrected chi connectivity index (χ4v) is 7.06. The van der Waals surface area contributed by atoms with Gasteiger partial charge in [0.15, 0.2) is 0 Å². The van der Waals surface area contributed by atoms with Gasteiger partial charge in [-0.3, -0.25) is 0 Å². The van der Waals surface area contributed by atoms with Gasteiger partial charge < -0.3 is 0 Å². The molecule has 0 spiro atoms. The van der Waals surface area contributed by atoms with Crippen LogP contribution >= 0.6 is 23.4 Å². The molecule has 138 valence electrons. The third-order valence-electron chi connectivity index (χ3n) is 4.57. The van der Waals surface area contributed by atoms with Crippen LogP contribution in [0.15, 0.2) is 83.8 Å². The number of sulfonamides is 1. The minimum absolute atomic E-state index is 0.279. The molecule has 1 aliphatic heterocycles. The molecule has 0 saturated carbocycles. The molecule has 0 unspecified atom stereocenters. The molecule has 3 aromatic carbocycles. The zero-order chi connectivity index (χ0) is 19.0. The van der Waals surface area contributed by atoms with Gasteiger partial charge in [-0.2, -0.15) is 4.31 Å². The maximum Gasteiger partial charge on any atom is 0.245 e. The summed E-state index contributed by atoms with van der Waals surface area (Å²) in [7, 11) is -3.68. The summed E-state index contributed by atoms with van der Waals surface area (Å²) in [4.78, 5) is 0.298. The van der Waals surface area contributed by atoms with Crippen LogP contribution in [-0.4, -0.2) is 12.7 Å². The molecule has 6 heteroatoms. The minimum atomic E-state index is -3.68. The van der Waals surface area contributed by atoms with Crippen LogP contribution in [-0.2, 0) is 10.0 Å². The van der Waals surface area contributed by atoms with Crippen molar-refractivity contribution < 1.29 is 8.42 Å². The van der Waals surface area contributed by atoms with Crippen molar-refractivity contribution in [3.05, 3.63) is 101 Å². The van der Waals surface area contributed by atoms with E-state index in [9.17, 15) is 8.42 Å². The van der Waals surface area contributed by atoms with Crippen LogP contribution in [0.2, 0.25) is 5.02 Å². The molecule has 2 atom stereocenters. The first kappa shape index (κ1) is 18.6. The Morgan fingerprint density at radius 2 is 1.48 bits per heavy atom. The Hall–Kier alpha value is -1.79. The van der Waals surface area contributed by atoms with Crippen molar-refractivity contribution in [2.45, 2.75) is 22.6 Å². The van der Waals surface area contributed by atoms with Crippen LogP contribution < -0.4 is 0 Å². The van der Waals surface area contributed by atoms with Crippen molar-refractivity contribution >= 4 is 33.4 Å². The molecule has 0 N–H and O–H groups in total. The van der Waals surface area contributed by atoms with E-state index in [1.807, 2.05) is 67.6 Å². The molecule has 27 heavy (non-hydrogen) atoms. The molecular weight excluding hydrogens is 398 g/mol. The van der Waals surface area contributed by atoms with Crippen LogP contribution in [0, 0.1) is 6.92 Å². The van der Waals surface area contributed by atoms with Gasteiger partial charge in [0, 0.05) is 5.02 Å². The summed E-state index contributed by atoms with van der Waals surface area (Å²) in [6.07, 6.45) is 0. The second-order valence-corrected chi connectivity index (χ2v) is 9.84. The highest BCUT2D eigenvalue weighted by molar-refractivity contribution is 8.03. The van der Waals surface area contributed by atoms with E-state index >= 15 is 0 Å². The van der Waals surface area contributed by atoms with E-state index in [1.165, 1.54) is 0 Å². The summed E-state index contributed by atoms with van der Waals surface area (Å²) in [5, 5.41) is -0.0559. The summed E-state index contributed by atoms with van der Waals surface area (Å²) in [5.41, 5.74) is 2.79. The van der Waals surface area contributed by atoms with Crippen molar-refractivity contribution in [1.82, 2.24) is 4.31 Å². The molecule has 3 nitrogen and oxygen atoms in total. The largest absolute Gasteiger partial charge is 0.245 e. The van der Waals surface area contributed by atoms with Gasteiger partial charge in [-0.15, -0.1) is 11.8 Å². The SMILES string of the molecule is Cc1ccc(S(=O)(=O)N2[C@@H](c3ccccc3Cl)S[C@H]2c2ccccc2)cc1. The Morgan fingerprint density at radius 1 is 0.852 bits per heavy atom. The summed E-state index contributed by atoms with van der Waals surface area (Å²) < 4.78 is 28.5. The lowest BCUT2D eigenvalue weighted by Crippen LogP contribution is -2.43. The van der Waals surface area contributed by atoms with Crippen LogP contribution in [0.4, 0.5) is 0 Å². The molecule has 0 radical (unpaired) electrons. The molecule has 0 aromatic heterocycles. The van der Waals surface area contributed by atoms with E-state index < -0.39 is 10.0 Å². The second kappa shape index (κ2) is 7.32. The predicted molar refractivity (Wildman–Crippen MR) is 111 cm³/mol. The molecule has 1 fully saturated rings. The van der Waals surface area contributed by atoms with E-state index in [4.69, 9.17) is 11.6 Å². The molecule has 1 aliphatic rings. The smallest absolute Gasteiger partial charge is 0.207 e. The van der Waals surface area contributed by atoms with E-state index in [2.05, 4.69) is 0 Å².